The van der Waals surface area contributed by atoms with Crippen LogP contribution in [-0.2, 0) is 10.3 Å². The van der Waals surface area contributed by atoms with Crippen LogP contribution in [0.5, 0.6) is 0 Å². The minimum absolute atomic E-state index is 0.0597. The summed E-state index contributed by atoms with van der Waals surface area (Å²) in [5.74, 6) is 0. The van der Waals surface area contributed by atoms with Crippen molar-refractivity contribution in [3.63, 3.8) is 0 Å². The van der Waals surface area contributed by atoms with E-state index in [1.54, 1.807) is 7.11 Å². The highest BCUT2D eigenvalue weighted by Crippen LogP contribution is 2.46. The molecule has 0 unspecified atom stereocenters. The molecule has 2 rings (SSSR count). The van der Waals surface area contributed by atoms with E-state index in [-0.39, 0.29) is 11.1 Å². The van der Waals surface area contributed by atoms with Gasteiger partial charge in [-0.15, -0.1) is 0 Å². The molecule has 1 atom stereocenters. The van der Waals surface area contributed by atoms with Crippen molar-refractivity contribution in [2.75, 3.05) is 7.11 Å². The quantitative estimate of drug-likeness (QED) is 0.841. The molecule has 2 nitrogen and oxygen atoms in total. The molecule has 0 aliphatic heterocycles. The number of ether oxygens (including phenoxy) is 1. The predicted octanol–water partition coefficient (Wildman–Crippen LogP) is 3.78. The number of hydrogen-bond donors (Lipinski definition) is 1. The van der Waals surface area contributed by atoms with Gasteiger partial charge in [-0.2, -0.15) is 0 Å². The van der Waals surface area contributed by atoms with Gasteiger partial charge in [0.1, 0.15) is 0 Å². The van der Waals surface area contributed by atoms with Crippen LogP contribution in [-0.4, -0.2) is 18.8 Å². The van der Waals surface area contributed by atoms with E-state index in [1.165, 1.54) is 24.0 Å². The topological polar surface area (TPSA) is 21.3 Å². The number of aryl methyl sites for hydroxylation is 1. The van der Waals surface area contributed by atoms with E-state index < -0.39 is 0 Å². The van der Waals surface area contributed by atoms with Gasteiger partial charge in [0.15, 0.2) is 0 Å². The number of benzene rings is 1. The first-order valence-electron chi connectivity index (χ1n) is 7.27. The van der Waals surface area contributed by atoms with Crippen molar-refractivity contribution in [3.8, 4) is 0 Å². The molecule has 1 aliphatic rings. The number of hydrogen-bond acceptors (Lipinski definition) is 2. The molecule has 0 aromatic heterocycles. The zero-order valence-corrected chi connectivity index (χ0v) is 12.9. The highest BCUT2D eigenvalue weighted by atomic mass is 16.5. The summed E-state index contributed by atoms with van der Waals surface area (Å²) in [6.45, 7) is 8.70. The second-order valence-electron chi connectivity index (χ2n) is 6.66. The smallest absolute Gasteiger partial charge is 0.0637 e. The van der Waals surface area contributed by atoms with E-state index in [4.69, 9.17) is 4.74 Å². The molecule has 0 spiro atoms. The van der Waals surface area contributed by atoms with E-state index in [9.17, 15) is 0 Å². The number of methoxy groups -OCH3 is 1. The van der Waals surface area contributed by atoms with Crippen molar-refractivity contribution in [2.45, 2.75) is 64.1 Å². The van der Waals surface area contributed by atoms with Gasteiger partial charge in [0, 0.05) is 18.7 Å². The van der Waals surface area contributed by atoms with Crippen LogP contribution in [0.1, 0.15) is 51.2 Å². The van der Waals surface area contributed by atoms with Crippen molar-refractivity contribution in [1.82, 2.24) is 5.32 Å². The number of rotatable bonds is 6. The van der Waals surface area contributed by atoms with Crippen molar-refractivity contribution < 1.29 is 4.74 Å². The fourth-order valence-corrected chi connectivity index (χ4v) is 2.86. The van der Waals surface area contributed by atoms with E-state index in [0.29, 0.717) is 6.04 Å². The van der Waals surface area contributed by atoms with Gasteiger partial charge in [0.2, 0.25) is 0 Å². The van der Waals surface area contributed by atoms with Crippen LogP contribution in [0.25, 0.3) is 0 Å². The molecule has 2 heteroatoms. The van der Waals surface area contributed by atoms with Crippen molar-refractivity contribution in [1.29, 1.82) is 0 Å². The summed E-state index contributed by atoms with van der Waals surface area (Å²) in [6.07, 6.45) is 3.51. The maximum atomic E-state index is 5.52. The summed E-state index contributed by atoms with van der Waals surface area (Å²) >= 11 is 0. The van der Waals surface area contributed by atoms with Crippen LogP contribution >= 0.6 is 0 Å². The molecule has 1 fully saturated rings. The molecule has 1 aliphatic carbocycles. The summed E-state index contributed by atoms with van der Waals surface area (Å²) in [7, 11) is 1.79. The lowest BCUT2D eigenvalue weighted by atomic mass is 9.97. The summed E-state index contributed by atoms with van der Waals surface area (Å²) in [5, 5.41) is 3.81. The van der Waals surface area contributed by atoms with E-state index in [1.807, 2.05) is 0 Å². The van der Waals surface area contributed by atoms with Gasteiger partial charge >= 0.3 is 0 Å². The molecule has 106 valence electrons. The van der Waals surface area contributed by atoms with E-state index >= 15 is 0 Å². The van der Waals surface area contributed by atoms with Crippen molar-refractivity contribution in [2.24, 2.45) is 0 Å². The molecule has 0 radical (unpaired) electrons. The molecule has 0 bridgehead atoms. The summed E-state index contributed by atoms with van der Waals surface area (Å²) in [6, 6.07) is 9.41. The molecular formula is C17H27NO. The van der Waals surface area contributed by atoms with Gasteiger partial charge in [-0.25, -0.2) is 0 Å². The molecule has 0 heterocycles. The Balaban J connectivity index is 2.00. The predicted molar refractivity (Wildman–Crippen MR) is 80.4 cm³/mol. The highest BCUT2D eigenvalue weighted by Gasteiger charge is 2.45. The average molecular weight is 261 g/mol. The van der Waals surface area contributed by atoms with Crippen LogP contribution in [0.4, 0.5) is 0 Å². The Morgan fingerprint density at radius 2 is 1.84 bits per heavy atom. The maximum absolute atomic E-state index is 5.52. The lowest BCUT2D eigenvalue weighted by molar-refractivity contribution is 0.00730. The first-order valence-corrected chi connectivity index (χ1v) is 7.27. The zero-order chi connectivity index (χ0) is 14.1. The molecule has 1 aromatic rings. The third kappa shape index (κ3) is 3.58. The molecule has 0 amide bonds. The fourth-order valence-electron chi connectivity index (χ4n) is 2.86. The third-order valence-electron chi connectivity index (χ3n) is 4.23. The molecule has 0 saturated heterocycles. The van der Waals surface area contributed by atoms with Gasteiger partial charge in [-0.1, -0.05) is 29.8 Å². The number of nitrogens with one attached hydrogen (secondary N) is 1. The van der Waals surface area contributed by atoms with Crippen LogP contribution in [0, 0.1) is 6.92 Å². The maximum Gasteiger partial charge on any atom is 0.0637 e. The summed E-state index contributed by atoms with van der Waals surface area (Å²) in [4.78, 5) is 0. The normalized spacial score (nSPS) is 19.2. The minimum Gasteiger partial charge on any atom is -0.379 e. The Labute approximate surface area is 117 Å². The van der Waals surface area contributed by atoms with Gasteiger partial charge in [-0.3, -0.25) is 0 Å². The van der Waals surface area contributed by atoms with Crippen molar-refractivity contribution in [3.05, 3.63) is 35.4 Å². The Kier molecular flexibility index (Phi) is 4.03. The van der Waals surface area contributed by atoms with Gasteiger partial charge < -0.3 is 10.1 Å². The first-order chi connectivity index (χ1) is 8.87. The third-order valence-corrected chi connectivity index (χ3v) is 4.23. The van der Waals surface area contributed by atoms with Gasteiger partial charge in [-0.05, 0) is 52.5 Å². The SMILES string of the molecule is COC(C)(C)C[C@@H](C)NC1(c2ccc(C)cc2)CC1. The van der Waals surface area contributed by atoms with Crippen molar-refractivity contribution >= 4 is 0 Å². The molecule has 1 N–H and O–H groups in total. The standard InChI is InChI=1S/C17H27NO/c1-13-6-8-15(9-7-13)17(10-11-17)18-14(2)12-16(3,4)19-5/h6-9,14,18H,10-12H2,1-5H3/t14-/m1/s1. The lowest BCUT2D eigenvalue weighted by Crippen LogP contribution is -2.41. The van der Waals surface area contributed by atoms with Crippen LogP contribution in [0.3, 0.4) is 0 Å². The molecule has 1 saturated carbocycles. The van der Waals surface area contributed by atoms with Crippen LogP contribution in [0.15, 0.2) is 24.3 Å². The van der Waals surface area contributed by atoms with Crippen LogP contribution in [0.2, 0.25) is 0 Å². The molecule has 19 heavy (non-hydrogen) atoms. The van der Waals surface area contributed by atoms with Gasteiger partial charge in [0.05, 0.1) is 5.60 Å². The molecular weight excluding hydrogens is 234 g/mol. The Morgan fingerprint density at radius 1 is 1.26 bits per heavy atom. The minimum atomic E-state index is -0.0597. The second-order valence-corrected chi connectivity index (χ2v) is 6.66. The summed E-state index contributed by atoms with van der Waals surface area (Å²) in [5.41, 5.74) is 2.92. The van der Waals surface area contributed by atoms with Crippen LogP contribution < -0.4 is 5.32 Å². The highest BCUT2D eigenvalue weighted by molar-refractivity contribution is 5.32. The first kappa shape index (κ1) is 14.5. The van der Waals surface area contributed by atoms with Gasteiger partial charge in [0.25, 0.3) is 0 Å². The van der Waals surface area contributed by atoms with E-state index in [0.717, 1.165) is 6.42 Å². The Bertz CT molecular complexity index is 417. The summed E-state index contributed by atoms with van der Waals surface area (Å²) < 4.78 is 5.52. The monoisotopic (exact) mass is 261 g/mol. The Hall–Kier alpha value is -0.860. The average Bonchev–Trinajstić information content (AvgIpc) is 3.10. The lowest BCUT2D eigenvalue weighted by Gasteiger charge is -2.30. The zero-order valence-electron chi connectivity index (χ0n) is 12.9. The largest absolute Gasteiger partial charge is 0.379 e. The molecule has 1 aromatic carbocycles. The Morgan fingerprint density at radius 3 is 2.32 bits per heavy atom. The second kappa shape index (κ2) is 5.26. The van der Waals surface area contributed by atoms with E-state index in [2.05, 4.69) is 57.3 Å². The fraction of sp³-hybridized carbons (Fsp3) is 0.647.